The molecule has 1 heterocycles. The van der Waals surface area contributed by atoms with Gasteiger partial charge >= 0.3 is 6.01 Å². The van der Waals surface area contributed by atoms with Crippen LogP contribution in [0.15, 0.2) is 4.47 Å². The van der Waals surface area contributed by atoms with E-state index in [9.17, 15) is 0 Å². The molecule has 72 valence electrons. The zero-order chi connectivity index (χ0) is 10.0. The molecule has 0 aliphatic rings. The lowest BCUT2D eigenvalue weighted by Crippen LogP contribution is -2.02. The molecular formula is C9H13BrN2O. The van der Waals surface area contributed by atoms with Crippen LogP contribution in [0.2, 0.25) is 0 Å². The number of halogens is 1. The molecule has 0 atom stereocenters. The van der Waals surface area contributed by atoms with E-state index in [-0.39, 0.29) is 0 Å². The Hall–Kier alpha value is -0.640. The summed E-state index contributed by atoms with van der Waals surface area (Å²) in [7, 11) is 1.58. The van der Waals surface area contributed by atoms with Gasteiger partial charge in [-0.25, -0.2) is 0 Å². The Morgan fingerprint density at radius 2 is 1.92 bits per heavy atom. The van der Waals surface area contributed by atoms with Crippen LogP contribution in [-0.2, 0) is 0 Å². The molecule has 0 unspecified atom stereocenters. The lowest BCUT2D eigenvalue weighted by atomic mass is 10.1. The van der Waals surface area contributed by atoms with E-state index in [4.69, 9.17) is 4.74 Å². The summed E-state index contributed by atoms with van der Waals surface area (Å²) in [6.45, 7) is 6.11. The summed E-state index contributed by atoms with van der Waals surface area (Å²) in [5, 5.41) is 0. The lowest BCUT2D eigenvalue weighted by molar-refractivity contribution is 0.375. The van der Waals surface area contributed by atoms with E-state index in [1.165, 1.54) is 0 Å². The fourth-order valence-electron chi connectivity index (χ4n) is 1.03. The molecule has 13 heavy (non-hydrogen) atoms. The van der Waals surface area contributed by atoms with E-state index in [1.807, 2.05) is 6.92 Å². The van der Waals surface area contributed by atoms with Gasteiger partial charge in [-0.05, 0) is 28.8 Å². The fourth-order valence-corrected chi connectivity index (χ4v) is 1.66. The standard InChI is InChI=1S/C9H13BrN2O/c1-5(2)8-7(10)6(3)11-9(12-8)13-4/h5H,1-4H3. The highest BCUT2D eigenvalue weighted by atomic mass is 79.9. The van der Waals surface area contributed by atoms with Crippen LogP contribution in [0.1, 0.15) is 31.2 Å². The fraction of sp³-hybridized carbons (Fsp3) is 0.556. The van der Waals surface area contributed by atoms with Gasteiger partial charge in [-0.15, -0.1) is 0 Å². The topological polar surface area (TPSA) is 35.0 Å². The van der Waals surface area contributed by atoms with Gasteiger partial charge in [-0.2, -0.15) is 9.97 Å². The summed E-state index contributed by atoms with van der Waals surface area (Å²) in [4.78, 5) is 8.42. The average Bonchev–Trinajstić information content (AvgIpc) is 2.09. The third kappa shape index (κ3) is 2.18. The molecular weight excluding hydrogens is 232 g/mol. The maximum atomic E-state index is 5.00. The molecule has 1 aromatic heterocycles. The van der Waals surface area contributed by atoms with E-state index in [2.05, 4.69) is 39.7 Å². The lowest BCUT2D eigenvalue weighted by Gasteiger charge is -2.10. The third-order valence-electron chi connectivity index (χ3n) is 1.75. The highest BCUT2D eigenvalue weighted by Crippen LogP contribution is 2.26. The second kappa shape index (κ2) is 4.05. The summed E-state index contributed by atoms with van der Waals surface area (Å²) >= 11 is 3.46. The second-order valence-electron chi connectivity index (χ2n) is 3.15. The summed E-state index contributed by atoms with van der Waals surface area (Å²) in [6.07, 6.45) is 0. The van der Waals surface area contributed by atoms with Gasteiger partial charge in [0.1, 0.15) is 0 Å². The van der Waals surface area contributed by atoms with Gasteiger partial charge in [0.05, 0.1) is 23.0 Å². The van der Waals surface area contributed by atoms with E-state index in [0.717, 1.165) is 15.9 Å². The van der Waals surface area contributed by atoms with Crippen LogP contribution in [0.25, 0.3) is 0 Å². The zero-order valence-electron chi connectivity index (χ0n) is 8.26. The Balaban J connectivity index is 3.25. The minimum atomic E-state index is 0.366. The number of aromatic nitrogens is 2. The maximum absolute atomic E-state index is 5.00. The molecule has 0 fully saturated rings. The van der Waals surface area contributed by atoms with E-state index in [1.54, 1.807) is 7.11 Å². The van der Waals surface area contributed by atoms with Crippen molar-refractivity contribution in [2.75, 3.05) is 7.11 Å². The molecule has 0 bridgehead atoms. The van der Waals surface area contributed by atoms with Gasteiger partial charge in [0.15, 0.2) is 0 Å². The van der Waals surface area contributed by atoms with Crippen LogP contribution in [0.3, 0.4) is 0 Å². The van der Waals surface area contributed by atoms with Crippen LogP contribution in [0, 0.1) is 6.92 Å². The molecule has 0 saturated carbocycles. The normalized spacial score (nSPS) is 10.6. The first kappa shape index (κ1) is 10.4. The third-order valence-corrected chi connectivity index (χ3v) is 2.73. The van der Waals surface area contributed by atoms with Crippen molar-refractivity contribution in [1.29, 1.82) is 0 Å². The number of ether oxygens (including phenoxy) is 1. The van der Waals surface area contributed by atoms with Gasteiger partial charge in [-0.3, -0.25) is 0 Å². The summed E-state index contributed by atoms with van der Waals surface area (Å²) < 4.78 is 5.97. The Kier molecular flexibility index (Phi) is 3.25. The SMILES string of the molecule is COc1nc(C)c(Br)c(C(C)C)n1. The highest BCUT2D eigenvalue weighted by molar-refractivity contribution is 9.10. The highest BCUT2D eigenvalue weighted by Gasteiger charge is 2.12. The van der Waals surface area contributed by atoms with Crippen molar-refractivity contribution in [1.82, 2.24) is 9.97 Å². The Labute approximate surface area is 86.7 Å². The number of rotatable bonds is 2. The summed E-state index contributed by atoms with van der Waals surface area (Å²) in [5.41, 5.74) is 1.90. The van der Waals surface area contributed by atoms with Crippen LogP contribution in [0.4, 0.5) is 0 Å². The molecule has 0 spiro atoms. The first-order chi connectivity index (χ1) is 6.06. The van der Waals surface area contributed by atoms with Gasteiger partial charge in [0, 0.05) is 0 Å². The number of methoxy groups -OCH3 is 1. The van der Waals surface area contributed by atoms with Crippen molar-refractivity contribution in [3.8, 4) is 6.01 Å². The van der Waals surface area contributed by atoms with Crippen molar-refractivity contribution < 1.29 is 4.74 Å². The van der Waals surface area contributed by atoms with Gasteiger partial charge < -0.3 is 4.74 Å². The van der Waals surface area contributed by atoms with E-state index in [0.29, 0.717) is 11.9 Å². The monoisotopic (exact) mass is 244 g/mol. The molecule has 0 saturated heterocycles. The molecule has 0 radical (unpaired) electrons. The first-order valence-electron chi connectivity index (χ1n) is 4.14. The van der Waals surface area contributed by atoms with Crippen LogP contribution < -0.4 is 4.74 Å². The predicted octanol–water partition coefficient (Wildman–Crippen LogP) is 2.68. The minimum absolute atomic E-state index is 0.366. The zero-order valence-corrected chi connectivity index (χ0v) is 9.84. The molecule has 0 aromatic carbocycles. The molecule has 0 N–H and O–H groups in total. The summed E-state index contributed by atoms with van der Waals surface area (Å²) in [5.74, 6) is 0.366. The number of nitrogens with zero attached hydrogens (tertiary/aromatic N) is 2. The molecule has 4 heteroatoms. The minimum Gasteiger partial charge on any atom is -0.467 e. The predicted molar refractivity (Wildman–Crippen MR) is 55.1 cm³/mol. The number of aryl methyl sites for hydroxylation is 1. The smallest absolute Gasteiger partial charge is 0.316 e. The van der Waals surface area contributed by atoms with Crippen LogP contribution >= 0.6 is 15.9 Å². The first-order valence-corrected chi connectivity index (χ1v) is 4.93. The number of hydrogen-bond donors (Lipinski definition) is 0. The van der Waals surface area contributed by atoms with Crippen LogP contribution in [-0.4, -0.2) is 17.1 Å². The Bertz CT molecular complexity index is 313. The Morgan fingerprint density at radius 3 is 2.38 bits per heavy atom. The van der Waals surface area contributed by atoms with Crippen molar-refractivity contribution in [3.05, 3.63) is 15.9 Å². The van der Waals surface area contributed by atoms with Crippen molar-refractivity contribution in [3.63, 3.8) is 0 Å². The van der Waals surface area contributed by atoms with Crippen molar-refractivity contribution in [2.24, 2.45) is 0 Å². The Morgan fingerprint density at radius 1 is 1.31 bits per heavy atom. The van der Waals surface area contributed by atoms with Gasteiger partial charge in [-0.1, -0.05) is 13.8 Å². The quantitative estimate of drug-likeness (QED) is 0.803. The van der Waals surface area contributed by atoms with Crippen molar-refractivity contribution in [2.45, 2.75) is 26.7 Å². The molecule has 1 aromatic rings. The van der Waals surface area contributed by atoms with Crippen molar-refractivity contribution >= 4 is 15.9 Å². The average molecular weight is 245 g/mol. The van der Waals surface area contributed by atoms with Crippen LogP contribution in [0.5, 0.6) is 6.01 Å². The summed E-state index contributed by atoms with van der Waals surface area (Å²) in [6, 6.07) is 0.435. The molecule has 0 amide bonds. The molecule has 0 aliphatic heterocycles. The second-order valence-corrected chi connectivity index (χ2v) is 3.94. The maximum Gasteiger partial charge on any atom is 0.316 e. The largest absolute Gasteiger partial charge is 0.467 e. The van der Waals surface area contributed by atoms with E-state index < -0.39 is 0 Å². The molecule has 1 rings (SSSR count). The van der Waals surface area contributed by atoms with Gasteiger partial charge in [0.2, 0.25) is 0 Å². The molecule has 0 aliphatic carbocycles. The molecule has 3 nitrogen and oxygen atoms in total. The van der Waals surface area contributed by atoms with E-state index >= 15 is 0 Å². The van der Waals surface area contributed by atoms with Gasteiger partial charge in [0.25, 0.3) is 0 Å². The number of hydrogen-bond acceptors (Lipinski definition) is 3.